The number of hydrogen-bond acceptors (Lipinski definition) is 6. The fourth-order valence-electron chi connectivity index (χ4n) is 2.49. The lowest BCUT2D eigenvalue weighted by molar-refractivity contribution is 0.123. The van der Waals surface area contributed by atoms with E-state index in [9.17, 15) is 8.42 Å². The summed E-state index contributed by atoms with van der Waals surface area (Å²) in [5, 5.41) is 7.91. The van der Waals surface area contributed by atoms with Gasteiger partial charge in [0, 0.05) is 25.0 Å². The molecular formula is C15H18N4O3S. The van der Waals surface area contributed by atoms with Gasteiger partial charge in [-0.15, -0.1) is 5.10 Å². The van der Waals surface area contributed by atoms with Gasteiger partial charge in [0.25, 0.3) is 0 Å². The Hall–Kier alpha value is -2.06. The Morgan fingerprint density at radius 3 is 2.83 bits per heavy atom. The van der Waals surface area contributed by atoms with Crippen LogP contribution < -0.4 is 4.74 Å². The quantitative estimate of drug-likeness (QED) is 0.840. The molecule has 1 saturated heterocycles. The van der Waals surface area contributed by atoms with Crippen molar-refractivity contribution in [3.05, 3.63) is 42.4 Å². The maximum Gasteiger partial charge on any atom is 0.244 e. The molecular weight excluding hydrogens is 316 g/mol. The largest absolute Gasteiger partial charge is 0.472 e. The fraction of sp³-hybridized carbons (Fsp3) is 0.400. The average molecular weight is 334 g/mol. The molecule has 0 saturated carbocycles. The molecule has 0 radical (unpaired) electrons. The average Bonchev–Trinajstić information content (AvgIpc) is 2.58. The molecule has 23 heavy (non-hydrogen) atoms. The van der Waals surface area contributed by atoms with Crippen LogP contribution in [-0.4, -0.2) is 47.1 Å². The van der Waals surface area contributed by atoms with Gasteiger partial charge in [0.05, 0.1) is 12.2 Å². The molecule has 1 aliphatic heterocycles. The molecule has 1 unspecified atom stereocenters. The SMILES string of the molecule is Cc1ccc(OC2CCCN(S(=O)(=O)c3cccnc3)C2)nn1. The summed E-state index contributed by atoms with van der Waals surface area (Å²) in [7, 11) is -3.54. The molecule has 3 heterocycles. The lowest BCUT2D eigenvalue weighted by atomic mass is 10.1. The van der Waals surface area contributed by atoms with E-state index in [4.69, 9.17) is 4.74 Å². The molecule has 122 valence electrons. The lowest BCUT2D eigenvalue weighted by Crippen LogP contribution is -2.44. The minimum absolute atomic E-state index is 0.204. The molecule has 8 heteroatoms. The van der Waals surface area contributed by atoms with Gasteiger partial charge in [0.2, 0.25) is 15.9 Å². The maximum atomic E-state index is 12.6. The van der Waals surface area contributed by atoms with Gasteiger partial charge in [-0.3, -0.25) is 4.98 Å². The normalized spacial score (nSPS) is 19.4. The molecule has 0 N–H and O–H groups in total. The Morgan fingerprint density at radius 1 is 1.26 bits per heavy atom. The first-order chi connectivity index (χ1) is 11.1. The summed E-state index contributed by atoms with van der Waals surface area (Å²) >= 11 is 0. The van der Waals surface area contributed by atoms with E-state index in [2.05, 4.69) is 15.2 Å². The van der Waals surface area contributed by atoms with E-state index in [1.807, 2.05) is 13.0 Å². The van der Waals surface area contributed by atoms with Crippen molar-refractivity contribution >= 4 is 10.0 Å². The number of pyridine rings is 1. The van der Waals surface area contributed by atoms with Crippen LogP contribution >= 0.6 is 0 Å². The fourth-order valence-corrected chi connectivity index (χ4v) is 3.96. The smallest absolute Gasteiger partial charge is 0.244 e. The predicted molar refractivity (Wildman–Crippen MR) is 83.4 cm³/mol. The first-order valence-electron chi connectivity index (χ1n) is 7.43. The van der Waals surface area contributed by atoms with Crippen LogP contribution in [0.5, 0.6) is 5.88 Å². The Balaban J connectivity index is 1.72. The van der Waals surface area contributed by atoms with Gasteiger partial charge < -0.3 is 4.74 Å². The van der Waals surface area contributed by atoms with Crippen molar-refractivity contribution in [2.45, 2.75) is 30.8 Å². The second kappa shape index (κ2) is 6.59. The number of aromatic nitrogens is 3. The molecule has 0 bridgehead atoms. The van der Waals surface area contributed by atoms with Crippen LogP contribution in [0.1, 0.15) is 18.5 Å². The van der Waals surface area contributed by atoms with Gasteiger partial charge in [-0.2, -0.15) is 9.40 Å². The highest BCUT2D eigenvalue weighted by atomic mass is 32.2. The molecule has 2 aromatic heterocycles. The van der Waals surface area contributed by atoms with Crippen molar-refractivity contribution in [2.75, 3.05) is 13.1 Å². The van der Waals surface area contributed by atoms with Gasteiger partial charge >= 0.3 is 0 Å². The van der Waals surface area contributed by atoms with Crippen molar-refractivity contribution in [1.29, 1.82) is 0 Å². The summed E-state index contributed by atoms with van der Waals surface area (Å²) in [6.07, 6.45) is 4.22. The molecule has 0 aromatic carbocycles. The summed E-state index contributed by atoms with van der Waals surface area (Å²) < 4.78 is 32.5. The summed E-state index contributed by atoms with van der Waals surface area (Å²) in [5.41, 5.74) is 0.807. The molecule has 1 atom stereocenters. The van der Waals surface area contributed by atoms with Crippen LogP contribution in [0, 0.1) is 6.92 Å². The molecule has 0 aliphatic carbocycles. The maximum absolute atomic E-state index is 12.6. The molecule has 0 amide bonds. The van der Waals surface area contributed by atoms with E-state index >= 15 is 0 Å². The number of nitrogens with zero attached hydrogens (tertiary/aromatic N) is 4. The van der Waals surface area contributed by atoms with Crippen molar-refractivity contribution in [3.8, 4) is 5.88 Å². The second-order valence-electron chi connectivity index (χ2n) is 5.45. The van der Waals surface area contributed by atoms with Crippen molar-refractivity contribution in [2.24, 2.45) is 0 Å². The van der Waals surface area contributed by atoms with Gasteiger partial charge in [-0.05, 0) is 38.0 Å². The van der Waals surface area contributed by atoms with Gasteiger partial charge in [0.15, 0.2) is 0 Å². The zero-order chi connectivity index (χ0) is 16.3. The molecule has 2 aromatic rings. The summed E-state index contributed by atoms with van der Waals surface area (Å²) in [6, 6.07) is 6.73. The summed E-state index contributed by atoms with van der Waals surface area (Å²) in [4.78, 5) is 4.09. The number of aryl methyl sites for hydroxylation is 1. The number of ether oxygens (including phenoxy) is 1. The van der Waals surface area contributed by atoms with Crippen LogP contribution in [0.3, 0.4) is 0 Å². The second-order valence-corrected chi connectivity index (χ2v) is 7.38. The summed E-state index contributed by atoms with van der Waals surface area (Å²) in [6.45, 7) is 2.63. The molecule has 3 rings (SSSR count). The third-order valence-electron chi connectivity index (χ3n) is 3.67. The highest BCUT2D eigenvalue weighted by molar-refractivity contribution is 7.89. The summed E-state index contributed by atoms with van der Waals surface area (Å²) in [5.74, 6) is 0.418. The molecule has 1 fully saturated rings. The lowest BCUT2D eigenvalue weighted by Gasteiger charge is -2.31. The topological polar surface area (TPSA) is 85.3 Å². The minimum Gasteiger partial charge on any atom is -0.472 e. The Bertz CT molecular complexity index is 750. The van der Waals surface area contributed by atoms with Gasteiger partial charge in [-0.1, -0.05) is 0 Å². The van der Waals surface area contributed by atoms with E-state index in [1.54, 1.807) is 24.4 Å². The van der Waals surface area contributed by atoms with Crippen LogP contribution in [0.15, 0.2) is 41.6 Å². The van der Waals surface area contributed by atoms with Gasteiger partial charge in [0.1, 0.15) is 11.0 Å². The van der Waals surface area contributed by atoms with Crippen LogP contribution in [0.25, 0.3) is 0 Å². The van der Waals surface area contributed by atoms with Gasteiger partial charge in [-0.25, -0.2) is 8.42 Å². The zero-order valence-corrected chi connectivity index (χ0v) is 13.6. The first kappa shape index (κ1) is 15.8. The third kappa shape index (κ3) is 3.65. The predicted octanol–water partition coefficient (Wildman–Crippen LogP) is 1.41. The van der Waals surface area contributed by atoms with E-state index < -0.39 is 10.0 Å². The van der Waals surface area contributed by atoms with Crippen LogP contribution in [-0.2, 0) is 10.0 Å². The molecule has 0 spiro atoms. The van der Waals surface area contributed by atoms with Crippen LogP contribution in [0.4, 0.5) is 0 Å². The highest BCUT2D eigenvalue weighted by Gasteiger charge is 2.31. The van der Waals surface area contributed by atoms with Crippen molar-refractivity contribution in [3.63, 3.8) is 0 Å². The monoisotopic (exact) mass is 334 g/mol. The highest BCUT2D eigenvalue weighted by Crippen LogP contribution is 2.22. The van der Waals surface area contributed by atoms with E-state index in [1.165, 1.54) is 10.5 Å². The van der Waals surface area contributed by atoms with E-state index in [0.717, 1.165) is 18.5 Å². The third-order valence-corrected chi connectivity index (χ3v) is 5.52. The number of sulfonamides is 1. The zero-order valence-electron chi connectivity index (χ0n) is 12.8. The number of piperidine rings is 1. The van der Waals surface area contributed by atoms with E-state index in [-0.39, 0.29) is 11.0 Å². The van der Waals surface area contributed by atoms with E-state index in [0.29, 0.717) is 19.0 Å². The number of hydrogen-bond donors (Lipinski definition) is 0. The molecule has 1 aliphatic rings. The minimum atomic E-state index is -3.54. The Kier molecular flexibility index (Phi) is 4.53. The Labute approximate surface area is 135 Å². The first-order valence-corrected chi connectivity index (χ1v) is 8.87. The standard InChI is InChI=1S/C15H18N4O3S/c1-12-6-7-15(18-17-12)22-13-4-3-9-19(11-13)23(20,21)14-5-2-8-16-10-14/h2,5-8,10,13H,3-4,9,11H2,1H3. The Morgan fingerprint density at radius 2 is 2.13 bits per heavy atom. The molecule has 7 nitrogen and oxygen atoms in total. The van der Waals surface area contributed by atoms with Crippen molar-refractivity contribution < 1.29 is 13.2 Å². The number of rotatable bonds is 4. The van der Waals surface area contributed by atoms with Crippen molar-refractivity contribution in [1.82, 2.24) is 19.5 Å². The van der Waals surface area contributed by atoms with Crippen LogP contribution in [0.2, 0.25) is 0 Å².